The van der Waals surface area contributed by atoms with E-state index in [2.05, 4.69) is 31.2 Å². The Balaban J connectivity index is 2.69. The first-order valence-corrected chi connectivity index (χ1v) is 6.76. The van der Waals surface area contributed by atoms with Crippen LogP contribution in [-0.2, 0) is 0 Å². The maximum absolute atomic E-state index is 9.56. The van der Waals surface area contributed by atoms with Crippen LogP contribution in [0.5, 0.6) is 0 Å². The number of aliphatic hydroxyl groups is 1. The van der Waals surface area contributed by atoms with Crippen LogP contribution in [0.2, 0.25) is 0 Å². The van der Waals surface area contributed by atoms with Gasteiger partial charge < -0.3 is 14.9 Å². The Morgan fingerprint density at radius 2 is 1.94 bits per heavy atom. The van der Waals surface area contributed by atoms with Crippen molar-refractivity contribution in [1.82, 2.24) is 10.5 Å². The van der Waals surface area contributed by atoms with E-state index in [1.165, 1.54) is 0 Å². The normalized spacial score (nSPS) is 13.9. The number of aromatic nitrogens is 1. The van der Waals surface area contributed by atoms with Gasteiger partial charge >= 0.3 is 0 Å². The minimum absolute atomic E-state index is 0.0206. The summed E-state index contributed by atoms with van der Waals surface area (Å²) in [7, 11) is 0. The summed E-state index contributed by atoms with van der Waals surface area (Å²) in [5.74, 6) is 0.870. The fourth-order valence-corrected chi connectivity index (χ4v) is 2.36. The number of hydrogen-bond acceptors (Lipinski definition) is 4. The molecule has 1 aromatic heterocycles. The number of rotatable bonds is 7. The van der Waals surface area contributed by atoms with Crippen molar-refractivity contribution >= 4 is 0 Å². The Bertz CT molecular complexity index is 342. The molecule has 1 heterocycles. The lowest BCUT2D eigenvalue weighted by Gasteiger charge is -2.31. The Morgan fingerprint density at radius 1 is 1.33 bits per heavy atom. The molecule has 1 rings (SSSR count). The van der Waals surface area contributed by atoms with Gasteiger partial charge in [-0.25, -0.2) is 0 Å². The molecular formula is C14H26N2O2. The maximum atomic E-state index is 9.56. The molecular weight excluding hydrogens is 228 g/mol. The van der Waals surface area contributed by atoms with E-state index in [1.54, 1.807) is 0 Å². The molecule has 0 saturated carbocycles. The molecule has 0 spiro atoms. The second kappa shape index (κ2) is 6.34. The molecule has 0 aliphatic carbocycles. The minimum Gasteiger partial charge on any atom is -0.396 e. The molecule has 1 aromatic rings. The second-order valence-corrected chi connectivity index (χ2v) is 5.21. The molecule has 0 aliphatic rings. The maximum Gasteiger partial charge on any atom is 0.138 e. The van der Waals surface area contributed by atoms with Crippen LogP contribution in [0, 0.1) is 19.3 Å². The van der Waals surface area contributed by atoms with Gasteiger partial charge in [0.1, 0.15) is 5.76 Å². The van der Waals surface area contributed by atoms with Crippen molar-refractivity contribution in [2.45, 2.75) is 53.5 Å². The molecule has 0 amide bonds. The molecule has 0 radical (unpaired) electrons. The predicted octanol–water partition coefficient (Wildman–Crippen LogP) is 2.74. The minimum atomic E-state index is -0.0206. The highest BCUT2D eigenvalue weighted by atomic mass is 16.5. The van der Waals surface area contributed by atoms with Crippen molar-refractivity contribution in [3.05, 3.63) is 17.0 Å². The zero-order chi connectivity index (χ0) is 13.8. The van der Waals surface area contributed by atoms with E-state index >= 15 is 0 Å². The Hall–Kier alpha value is -0.870. The van der Waals surface area contributed by atoms with Gasteiger partial charge in [0.25, 0.3) is 0 Å². The summed E-state index contributed by atoms with van der Waals surface area (Å²) >= 11 is 0. The Labute approximate surface area is 110 Å². The molecule has 2 N–H and O–H groups in total. The van der Waals surface area contributed by atoms with E-state index in [1.807, 2.05) is 13.8 Å². The molecule has 0 fully saturated rings. The van der Waals surface area contributed by atoms with E-state index < -0.39 is 0 Å². The number of nitrogens with zero attached hydrogens (tertiary/aromatic N) is 1. The van der Waals surface area contributed by atoms with Crippen LogP contribution in [0.1, 0.15) is 56.7 Å². The lowest BCUT2D eigenvalue weighted by Crippen LogP contribution is -2.37. The third-order valence-electron chi connectivity index (χ3n) is 4.14. The van der Waals surface area contributed by atoms with Crippen molar-refractivity contribution in [3.8, 4) is 0 Å². The largest absolute Gasteiger partial charge is 0.396 e. The molecule has 0 saturated heterocycles. The molecule has 0 aromatic carbocycles. The monoisotopic (exact) mass is 254 g/mol. The summed E-state index contributed by atoms with van der Waals surface area (Å²) in [4.78, 5) is 0. The molecule has 4 nitrogen and oxygen atoms in total. The highest BCUT2D eigenvalue weighted by Crippen LogP contribution is 2.27. The van der Waals surface area contributed by atoms with Gasteiger partial charge in [0.2, 0.25) is 0 Å². The van der Waals surface area contributed by atoms with Gasteiger partial charge in [0.05, 0.1) is 5.69 Å². The first kappa shape index (κ1) is 15.2. The Morgan fingerprint density at radius 3 is 2.33 bits per heavy atom. The number of nitrogens with one attached hydrogen (secondary N) is 1. The fourth-order valence-electron chi connectivity index (χ4n) is 2.36. The first-order chi connectivity index (χ1) is 8.49. The predicted molar refractivity (Wildman–Crippen MR) is 72.5 cm³/mol. The zero-order valence-corrected chi connectivity index (χ0v) is 12.2. The van der Waals surface area contributed by atoms with Gasteiger partial charge in [-0.05, 0) is 33.6 Å². The van der Waals surface area contributed by atoms with Crippen LogP contribution in [0.4, 0.5) is 0 Å². The van der Waals surface area contributed by atoms with E-state index in [4.69, 9.17) is 4.52 Å². The average Bonchev–Trinajstić information content (AvgIpc) is 2.71. The summed E-state index contributed by atoms with van der Waals surface area (Å²) < 4.78 is 5.19. The van der Waals surface area contributed by atoms with Crippen molar-refractivity contribution < 1.29 is 9.63 Å². The van der Waals surface area contributed by atoms with Crippen LogP contribution >= 0.6 is 0 Å². The molecule has 0 bridgehead atoms. The first-order valence-electron chi connectivity index (χ1n) is 6.76. The number of aryl methyl sites for hydroxylation is 2. The summed E-state index contributed by atoms with van der Waals surface area (Å²) in [6, 6.07) is 0.195. The van der Waals surface area contributed by atoms with Gasteiger partial charge in [-0.15, -0.1) is 0 Å². The highest BCUT2D eigenvalue weighted by molar-refractivity contribution is 5.24. The van der Waals surface area contributed by atoms with Crippen molar-refractivity contribution in [1.29, 1.82) is 0 Å². The summed E-state index contributed by atoms with van der Waals surface area (Å²) in [6.45, 7) is 11.3. The Kier molecular flexibility index (Phi) is 5.35. The number of aliphatic hydroxyl groups excluding tert-OH is 1. The lowest BCUT2D eigenvalue weighted by atomic mass is 9.83. The fraction of sp³-hybridized carbons (Fsp3) is 0.786. The van der Waals surface area contributed by atoms with Gasteiger partial charge in [-0.1, -0.05) is 19.0 Å². The van der Waals surface area contributed by atoms with Crippen LogP contribution in [0.3, 0.4) is 0 Å². The van der Waals surface area contributed by atoms with Gasteiger partial charge in [0.15, 0.2) is 0 Å². The quantitative estimate of drug-likeness (QED) is 0.785. The molecule has 4 heteroatoms. The topological polar surface area (TPSA) is 58.3 Å². The van der Waals surface area contributed by atoms with Crippen LogP contribution in [0.25, 0.3) is 0 Å². The highest BCUT2D eigenvalue weighted by Gasteiger charge is 2.26. The van der Waals surface area contributed by atoms with Gasteiger partial charge in [-0.2, -0.15) is 0 Å². The van der Waals surface area contributed by atoms with Gasteiger partial charge in [-0.3, -0.25) is 0 Å². The van der Waals surface area contributed by atoms with Crippen molar-refractivity contribution in [3.63, 3.8) is 0 Å². The average molecular weight is 254 g/mol. The summed E-state index contributed by atoms with van der Waals surface area (Å²) in [5.41, 5.74) is 2.05. The van der Waals surface area contributed by atoms with Crippen molar-refractivity contribution in [2.75, 3.05) is 13.2 Å². The van der Waals surface area contributed by atoms with Crippen LogP contribution in [-0.4, -0.2) is 23.4 Å². The van der Waals surface area contributed by atoms with E-state index in [-0.39, 0.29) is 18.1 Å². The zero-order valence-electron chi connectivity index (χ0n) is 12.2. The molecule has 1 unspecified atom stereocenters. The van der Waals surface area contributed by atoms with Crippen LogP contribution in [0.15, 0.2) is 4.52 Å². The second-order valence-electron chi connectivity index (χ2n) is 5.21. The summed E-state index contributed by atoms with van der Waals surface area (Å²) in [6.07, 6.45) is 1.95. The standard InChI is InChI=1S/C14H26N2O2/c1-6-14(7-2,9-17)8-15-10(3)13-11(4)16-18-12(13)5/h10,15,17H,6-9H2,1-5H3. The summed E-state index contributed by atoms with van der Waals surface area (Å²) in [5, 5.41) is 17.0. The third-order valence-corrected chi connectivity index (χ3v) is 4.14. The lowest BCUT2D eigenvalue weighted by molar-refractivity contribution is 0.110. The van der Waals surface area contributed by atoms with E-state index in [0.717, 1.165) is 36.4 Å². The molecule has 1 atom stereocenters. The molecule has 18 heavy (non-hydrogen) atoms. The van der Waals surface area contributed by atoms with E-state index in [9.17, 15) is 5.11 Å². The molecule has 0 aliphatic heterocycles. The van der Waals surface area contributed by atoms with E-state index in [0.29, 0.717) is 0 Å². The number of hydrogen-bond donors (Lipinski definition) is 2. The third kappa shape index (κ3) is 3.12. The van der Waals surface area contributed by atoms with Gasteiger partial charge in [0, 0.05) is 30.2 Å². The molecule has 104 valence electrons. The van der Waals surface area contributed by atoms with Crippen molar-refractivity contribution in [2.24, 2.45) is 5.41 Å². The van der Waals surface area contributed by atoms with Crippen LogP contribution < -0.4 is 5.32 Å². The SMILES string of the molecule is CCC(CC)(CO)CNC(C)c1c(C)noc1C. The smallest absolute Gasteiger partial charge is 0.138 e.